The molecule has 0 amide bonds. The monoisotopic (exact) mass is 246 g/mol. The Kier molecular flexibility index (Phi) is 6.65. The second kappa shape index (κ2) is 7.76. The highest BCUT2D eigenvalue weighted by Gasteiger charge is 2.41. The first-order valence-corrected chi connectivity index (χ1v) is 6.01. The van der Waals surface area contributed by atoms with Gasteiger partial charge in [0.15, 0.2) is 5.78 Å². The van der Waals surface area contributed by atoms with Crippen molar-refractivity contribution in [2.45, 2.75) is 38.6 Å². The summed E-state index contributed by atoms with van der Waals surface area (Å²) in [6.45, 7) is 5.92. The second-order valence-electron chi connectivity index (χ2n) is 4.28. The maximum Gasteiger partial charge on any atom is 0.166 e. The van der Waals surface area contributed by atoms with Gasteiger partial charge in [-0.05, 0) is 13.8 Å². The molecule has 5 heteroatoms. The lowest BCUT2D eigenvalue weighted by Gasteiger charge is -2.34. The molecule has 0 saturated heterocycles. The lowest BCUT2D eigenvalue weighted by Crippen LogP contribution is -2.51. The normalized spacial score (nSPS) is 24.1. The average Bonchev–Trinajstić information content (AvgIpc) is 2.28. The minimum Gasteiger partial charge on any atom is -0.382 e. The summed E-state index contributed by atoms with van der Waals surface area (Å²) in [7, 11) is 1.60. The smallest absolute Gasteiger partial charge is 0.166 e. The Morgan fingerprint density at radius 3 is 2.47 bits per heavy atom. The number of carbonyl (C=O) groups excluding carboxylic acids is 1. The van der Waals surface area contributed by atoms with Gasteiger partial charge in [0.2, 0.25) is 0 Å². The Hall–Kier alpha value is -0.490. The Morgan fingerprint density at radius 2 is 1.88 bits per heavy atom. The van der Waals surface area contributed by atoms with Crippen molar-refractivity contribution in [1.29, 1.82) is 0 Å². The highest BCUT2D eigenvalue weighted by atomic mass is 16.6. The van der Waals surface area contributed by atoms with Crippen molar-refractivity contribution in [3.8, 4) is 0 Å². The Bertz CT molecular complexity index is 229. The summed E-state index contributed by atoms with van der Waals surface area (Å²) in [5, 5.41) is 0. The molecule has 2 atom stereocenters. The molecule has 0 aromatic carbocycles. The highest BCUT2D eigenvalue weighted by molar-refractivity contribution is 5.90. The molecule has 1 aliphatic rings. The molecule has 17 heavy (non-hydrogen) atoms. The fraction of sp³-hybridized carbons (Fsp3) is 0.917. The summed E-state index contributed by atoms with van der Waals surface area (Å²) in [4.78, 5) is 11.3. The predicted molar refractivity (Wildman–Crippen MR) is 62.1 cm³/mol. The van der Waals surface area contributed by atoms with Crippen molar-refractivity contribution >= 4 is 5.78 Å². The summed E-state index contributed by atoms with van der Waals surface area (Å²) < 4.78 is 21.1. The minimum absolute atomic E-state index is 0.107. The van der Waals surface area contributed by atoms with Crippen LogP contribution in [0.25, 0.3) is 0 Å². The van der Waals surface area contributed by atoms with Crippen LogP contribution in [0.15, 0.2) is 0 Å². The van der Waals surface area contributed by atoms with Gasteiger partial charge in [0.25, 0.3) is 0 Å². The molecule has 100 valence electrons. The van der Waals surface area contributed by atoms with E-state index >= 15 is 0 Å². The second-order valence-corrected chi connectivity index (χ2v) is 4.28. The first-order valence-electron chi connectivity index (χ1n) is 6.01. The van der Waals surface area contributed by atoms with Crippen molar-refractivity contribution in [2.24, 2.45) is 0 Å². The molecule has 0 N–H and O–H groups in total. The molecule has 0 bridgehead atoms. The summed E-state index contributed by atoms with van der Waals surface area (Å²) >= 11 is 0. The van der Waals surface area contributed by atoms with E-state index < -0.39 is 6.10 Å². The largest absolute Gasteiger partial charge is 0.382 e. The van der Waals surface area contributed by atoms with E-state index in [2.05, 4.69) is 0 Å². The maximum atomic E-state index is 11.3. The number of hydrogen-bond acceptors (Lipinski definition) is 5. The van der Waals surface area contributed by atoms with E-state index in [9.17, 15) is 4.79 Å². The number of hydrogen-bond donors (Lipinski definition) is 0. The molecule has 1 saturated carbocycles. The van der Waals surface area contributed by atoms with E-state index in [0.29, 0.717) is 32.8 Å². The zero-order valence-electron chi connectivity index (χ0n) is 10.8. The van der Waals surface area contributed by atoms with E-state index in [1.165, 1.54) is 0 Å². The van der Waals surface area contributed by atoms with E-state index in [4.69, 9.17) is 18.9 Å². The van der Waals surface area contributed by atoms with Crippen LogP contribution >= 0.6 is 0 Å². The maximum absolute atomic E-state index is 11.3. The van der Waals surface area contributed by atoms with Crippen molar-refractivity contribution in [2.75, 3.05) is 33.5 Å². The van der Waals surface area contributed by atoms with E-state index in [1.807, 2.05) is 13.8 Å². The standard InChI is InChI=1S/C12H22O5/c1-9(2)15-6-7-16-11-8-10(13)12(11)17-5-4-14-3/h9,11-12H,4-8H2,1-3H3. The quantitative estimate of drug-likeness (QED) is 0.563. The van der Waals surface area contributed by atoms with Gasteiger partial charge in [-0.2, -0.15) is 0 Å². The number of methoxy groups -OCH3 is 1. The minimum atomic E-state index is -0.413. The van der Waals surface area contributed by atoms with Crippen LogP contribution in [-0.4, -0.2) is 57.6 Å². The van der Waals surface area contributed by atoms with Gasteiger partial charge in [-0.3, -0.25) is 4.79 Å². The third-order valence-corrected chi connectivity index (χ3v) is 2.51. The topological polar surface area (TPSA) is 54.0 Å². The molecule has 0 aromatic rings. The van der Waals surface area contributed by atoms with Crippen LogP contribution < -0.4 is 0 Å². The van der Waals surface area contributed by atoms with Crippen LogP contribution in [0.3, 0.4) is 0 Å². The molecule has 0 spiro atoms. The van der Waals surface area contributed by atoms with Gasteiger partial charge >= 0.3 is 0 Å². The third kappa shape index (κ3) is 5.12. The molecule has 0 aliphatic heterocycles. The fourth-order valence-electron chi connectivity index (χ4n) is 1.56. The van der Waals surface area contributed by atoms with Gasteiger partial charge in [0, 0.05) is 13.5 Å². The number of ketones is 1. The molecule has 1 fully saturated rings. The molecular formula is C12H22O5. The van der Waals surface area contributed by atoms with Crippen LogP contribution in [0, 0.1) is 0 Å². The van der Waals surface area contributed by atoms with Crippen molar-refractivity contribution in [3.05, 3.63) is 0 Å². The van der Waals surface area contributed by atoms with E-state index in [-0.39, 0.29) is 18.0 Å². The molecule has 0 heterocycles. The Morgan fingerprint density at radius 1 is 1.18 bits per heavy atom. The lowest BCUT2D eigenvalue weighted by atomic mass is 9.90. The zero-order valence-corrected chi connectivity index (χ0v) is 10.8. The summed E-state index contributed by atoms with van der Waals surface area (Å²) in [6.07, 6.45) is 0.119. The summed E-state index contributed by atoms with van der Waals surface area (Å²) in [6, 6.07) is 0. The third-order valence-electron chi connectivity index (χ3n) is 2.51. The van der Waals surface area contributed by atoms with Gasteiger partial charge in [-0.25, -0.2) is 0 Å². The molecule has 0 radical (unpaired) electrons. The zero-order chi connectivity index (χ0) is 12.7. The first-order chi connectivity index (χ1) is 8.15. The van der Waals surface area contributed by atoms with Crippen LogP contribution in [-0.2, 0) is 23.7 Å². The summed E-state index contributed by atoms with van der Waals surface area (Å²) in [5.74, 6) is 0.107. The molecular weight excluding hydrogens is 224 g/mol. The van der Waals surface area contributed by atoms with Crippen LogP contribution in [0.4, 0.5) is 0 Å². The fourth-order valence-corrected chi connectivity index (χ4v) is 1.56. The molecule has 5 nitrogen and oxygen atoms in total. The predicted octanol–water partition coefficient (Wildman–Crippen LogP) is 0.801. The van der Waals surface area contributed by atoms with Crippen molar-refractivity contribution in [3.63, 3.8) is 0 Å². The molecule has 1 rings (SSSR count). The SMILES string of the molecule is COCCOC1C(=O)CC1OCCOC(C)C. The van der Waals surface area contributed by atoms with Crippen LogP contribution in [0.1, 0.15) is 20.3 Å². The summed E-state index contributed by atoms with van der Waals surface area (Å²) in [5.41, 5.74) is 0. The lowest BCUT2D eigenvalue weighted by molar-refractivity contribution is -0.169. The molecule has 1 aliphatic carbocycles. The van der Waals surface area contributed by atoms with Gasteiger partial charge in [-0.15, -0.1) is 0 Å². The van der Waals surface area contributed by atoms with Crippen LogP contribution in [0.5, 0.6) is 0 Å². The molecule has 0 aromatic heterocycles. The van der Waals surface area contributed by atoms with E-state index in [0.717, 1.165) is 0 Å². The highest BCUT2D eigenvalue weighted by Crippen LogP contribution is 2.22. The van der Waals surface area contributed by atoms with Gasteiger partial charge in [0.05, 0.1) is 38.6 Å². The average molecular weight is 246 g/mol. The van der Waals surface area contributed by atoms with Gasteiger partial charge in [0.1, 0.15) is 6.10 Å². The van der Waals surface area contributed by atoms with E-state index in [1.54, 1.807) is 7.11 Å². The number of Topliss-reactive ketones (excluding diaryl/α,β-unsaturated/α-hetero) is 1. The first kappa shape index (κ1) is 14.6. The van der Waals surface area contributed by atoms with Crippen molar-refractivity contribution in [1.82, 2.24) is 0 Å². The Labute approximate surface area is 102 Å². The van der Waals surface area contributed by atoms with Crippen molar-refractivity contribution < 1.29 is 23.7 Å². The number of carbonyl (C=O) groups is 1. The van der Waals surface area contributed by atoms with Crippen LogP contribution in [0.2, 0.25) is 0 Å². The number of rotatable bonds is 9. The number of ether oxygens (including phenoxy) is 4. The molecule has 2 unspecified atom stereocenters. The van der Waals surface area contributed by atoms with Gasteiger partial charge < -0.3 is 18.9 Å². The van der Waals surface area contributed by atoms with Gasteiger partial charge in [-0.1, -0.05) is 0 Å². The Balaban J connectivity index is 2.09.